The molecule has 1 saturated heterocycles. The van der Waals surface area contributed by atoms with Crippen molar-refractivity contribution >= 4 is 21.9 Å². The third kappa shape index (κ3) is 3.93. The van der Waals surface area contributed by atoms with E-state index >= 15 is 0 Å². The van der Waals surface area contributed by atoms with E-state index in [1.807, 2.05) is 13.0 Å². The lowest BCUT2D eigenvalue weighted by molar-refractivity contribution is 0.493. The average Bonchev–Trinajstić information content (AvgIpc) is 2.90. The van der Waals surface area contributed by atoms with Crippen molar-refractivity contribution < 1.29 is 4.39 Å². The van der Waals surface area contributed by atoms with E-state index < -0.39 is 0 Å². The van der Waals surface area contributed by atoms with Crippen LogP contribution in [0.2, 0.25) is 0 Å². The molecule has 1 N–H and O–H groups in total. The van der Waals surface area contributed by atoms with Gasteiger partial charge in [-0.05, 0) is 31.9 Å². The van der Waals surface area contributed by atoms with Crippen LogP contribution in [0.25, 0.3) is 0 Å². The van der Waals surface area contributed by atoms with Crippen molar-refractivity contribution in [2.45, 2.75) is 26.3 Å². The average molecular weight is 328 g/mol. The van der Waals surface area contributed by atoms with E-state index in [4.69, 9.17) is 0 Å². The van der Waals surface area contributed by atoms with Crippen LogP contribution in [-0.2, 0) is 6.54 Å². The minimum Gasteiger partial charge on any atom is -0.357 e. The van der Waals surface area contributed by atoms with Crippen molar-refractivity contribution in [2.24, 2.45) is 4.99 Å². The smallest absolute Gasteiger partial charge is 0.194 e. The van der Waals surface area contributed by atoms with E-state index in [1.54, 1.807) is 6.07 Å². The first-order chi connectivity index (χ1) is 9.20. The van der Waals surface area contributed by atoms with Crippen molar-refractivity contribution in [3.8, 4) is 0 Å². The molecule has 0 aromatic heterocycles. The number of hydrogen-bond acceptors (Lipinski definition) is 1. The summed E-state index contributed by atoms with van der Waals surface area (Å²) in [5.74, 6) is 0.678. The quantitative estimate of drug-likeness (QED) is 0.682. The van der Waals surface area contributed by atoms with Gasteiger partial charge in [0.05, 0.1) is 6.54 Å². The van der Waals surface area contributed by atoms with Crippen molar-refractivity contribution in [2.75, 3.05) is 19.6 Å². The van der Waals surface area contributed by atoms with E-state index in [0.29, 0.717) is 12.1 Å². The molecular formula is C14H19BrFN3. The molecule has 1 fully saturated rings. The number of nitrogens with zero attached hydrogens (tertiary/aromatic N) is 2. The minimum absolute atomic E-state index is 0.213. The molecule has 0 radical (unpaired) electrons. The van der Waals surface area contributed by atoms with Crippen LogP contribution in [-0.4, -0.2) is 30.5 Å². The maximum absolute atomic E-state index is 13.7. The standard InChI is InChI=1S/C14H19BrFN3/c1-2-17-14(19-7-3-4-8-19)18-10-11-5-6-12(15)9-13(11)16/h5-6,9H,2-4,7-8,10H2,1H3,(H,17,18). The second kappa shape index (κ2) is 6.89. The van der Waals surface area contributed by atoms with E-state index in [0.717, 1.165) is 30.1 Å². The molecule has 0 bridgehead atoms. The van der Waals surface area contributed by atoms with Gasteiger partial charge in [-0.3, -0.25) is 0 Å². The van der Waals surface area contributed by atoms with E-state index in [9.17, 15) is 4.39 Å². The van der Waals surface area contributed by atoms with Crippen LogP contribution in [0.4, 0.5) is 4.39 Å². The molecule has 5 heteroatoms. The van der Waals surface area contributed by atoms with Gasteiger partial charge in [-0.15, -0.1) is 0 Å². The number of hydrogen-bond donors (Lipinski definition) is 1. The van der Waals surface area contributed by atoms with E-state index in [-0.39, 0.29) is 5.82 Å². The van der Waals surface area contributed by atoms with Gasteiger partial charge in [0.2, 0.25) is 0 Å². The summed E-state index contributed by atoms with van der Waals surface area (Å²) in [7, 11) is 0. The van der Waals surface area contributed by atoms with Gasteiger partial charge in [0, 0.05) is 29.7 Å². The lowest BCUT2D eigenvalue weighted by atomic mass is 10.2. The second-order valence-electron chi connectivity index (χ2n) is 4.60. The summed E-state index contributed by atoms with van der Waals surface area (Å²) in [6.07, 6.45) is 2.41. The third-order valence-corrected chi connectivity index (χ3v) is 3.65. The summed E-state index contributed by atoms with van der Waals surface area (Å²) in [6.45, 7) is 5.32. The Morgan fingerprint density at radius 1 is 1.42 bits per heavy atom. The lowest BCUT2D eigenvalue weighted by Gasteiger charge is -2.20. The van der Waals surface area contributed by atoms with Gasteiger partial charge in [0.15, 0.2) is 5.96 Å². The van der Waals surface area contributed by atoms with E-state index in [1.165, 1.54) is 18.9 Å². The molecule has 2 rings (SSSR count). The van der Waals surface area contributed by atoms with Gasteiger partial charge in [-0.2, -0.15) is 0 Å². The number of nitrogens with one attached hydrogen (secondary N) is 1. The number of guanidine groups is 1. The Balaban J connectivity index is 2.08. The highest BCUT2D eigenvalue weighted by Crippen LogP contribution is 2.16. The Hall–Kier alpha value is -1.10. The summed E-state index contributed by atoms with van der Waals surface area (Å²) in [5, 5.41) is 3.27. The molecule has 1 aliphatic rings. The molecule has 19 heavy (non-hydrogen) atoms. The van der Waals surface area contributed by atoms with Gasteiger partial charge in [-0.1, -0.05) is 22.0 Å². The molecule has 0 atom stereocenters. The van der Waals surface area contributed by atoms with Crippen molar-refractivity contribution in [3.05, 3.63) is 34.1 Å². The predicted molar refractivity (Wildman–Crippen MR) is 79.7 cm³/mol. The molecule has 0 unspecified atom stereocenters. The van der Waals surface area contributed by atoms with Gasteiger partial charge in [-0.25, -0.2) is 9.38 Å². The molecule has 104 valence electrons. The molecule has 1 aromatic carbocycles. The molecule has 0 aliphatic carbocycles. The maximum Gasteiger partial charge on any atom is 0.194 e. The van der Waals surface area contributed by atoms with Crippen LogP contribution in [0.15, 0.2) is 27.7 Å². The minimum atomic E-state index is -0.213. The first kappa shape index (κ1) is 14.3. The zero-order valence-corrected chi connectivity index (χ0v) is 12.7. The summed E-state index contributed by atoms with van der Waals surface area (Å²) < 4.78 is 14.5. The Kier molecular flexibility index (Phi) is 5.19. The number of aliphatic imine (C=N–C) groups is 1. The Bertz CT molecular complexity index is 456. The zero-order valence-electron chi connectivity index (χ0n) is 11.1. The molecule has 3 nitrogen and oxygen atoms in total. The van der Waals surface area contributed by atoms with Crippen LogP contribution in [0.1, 0.15) is 25.3 Å². The first-order valence-corrected chi connectivity index (χ1v) is 7.47. The SMILES string of the molecule is CCNC(=NCc1ccc(Br)cc1F)N1CCCC1. The highest BCUT2D eigenvalue weighted by atomic mass is 79.9. The highest BCUT2D eigenvalue weighted by molar-refractivity contribution is 9.10. The third-order valence-electron chi connectivity index (χ3n) is 3.15. The fraction of sp³-hybridized carbons (Fsp3) is 0.500. The molecular weight excluding hydrogens is 309 g/mol. The topological polar surface area (TPSA) is 27.6 Å². The van der Waals surface area contributed by atoms with E-state index in [2.05, 4.69) is 31.1 Å². The first-order valence-electron chi connectivity index (χ1n) is 6.68. The van der Waals surface area contributed by atoms with Crippen molar-refractivity contribution in [1.29, 1.82) is 0 Å². The second-order valence-corrected chi connectivity index (χ2v) is 5.52. The summed E-state index contributed by atoms with van der Waals surface area (Å²) in [6, 6.07) is 5.10. The monoisotopic (exact) mass is 327 g/mol. The summed E-state index contributed by atoms with van der Waals surface area (Å²) >= 11 is 3.26. The van der Waals surface area contributed by atoms with Gasteiger partial charge < -0.3 is 10.2 Å². The maximum atomic E-state index is 13.7. The Morgan fingerprint density at radius 2 is 2.16 bits per heavy atom. The number of halogens is 2. The number of likely N-dealkylation sites (tertiary alicyclic amines) is 1. The Morgan fingerprint density at radius 3 is 2.79 bits per heavy atom. The largest absolute Gasteiger partial charge is 0.357 e. The van der Waals surface area contributed by atoms with Crippen LogP contribution >= 0.6 is 15.9 Å². The lowest BCUT2D eigenvalue weighted by Crippen LogP contribution is -2.39. The zero-order chi connectivity index (χ0) is 13.7. The number of rotatable bonds is 3. The molecule has 1 heterocycles. The van der Waals surface area contributed by atoms with Crippen LogP contribution < -0.4 is 5.32 Å². The van der Waals surface area contributed by atoms with Crippen LogP contribution in [0, 0.1) is 5.82 Å². The highest BCUT2D eigenvalue weighted by Gasteiger charge is 2.15. The molecule has 0 spiro atoms. The molecule has 1 aliphatic heterocycles. The molecule has 1 aromatic rings. The number of benzene rings is 1. The van der Waals surface area contributed by atoms with Crippen LogP contribution in [0.5, 0.6) is 0 Å². The fourth-order valence-corrected chi connectivity index (χ4v) is 2.50. The van der Waals surface area contributed by atoms with Crippen molar-refractivity contribution in [3.63, 3.8) is 0 Å². The van der Waals surface area contributed by atoms with Crippen molar-refractivity contribution in [1.82, 2.24) is 10.2 Å². The normalized spacial score (nSPS) is 15.9. The van der Waals surface area contributed by atoms with Gasteiger partial charge in [0.25, 0.3) is 0 Å². The summed E-state index contributed by atoms with van der Waals surface area (Å²) in [5.41, 5.74) is 0.623. The Labute approximate surface area is 122 Å². The van der Waals surface area contributed by atoms with Gasteiger partial charge >= 0.3 is 0 Å². The predicted octanol–water partition coefficient (Wildman–Crippen LogP) is 3.15. The summed E-state index contributed by atoms with van der Waals surface area (Å²) in [4.78, 5) is 6.77. The van der Waals surface area contributed by atoms with Gasteiger partial charge in [0.1, 0.15) is 5.82 Å². The van der Waals surface area contributed by atoms with Crippen LogP contribution in [0.3, 0.4) is 0 Å². The fourth-order valence-electron chi connectivity index (χ4n) is 2.16. The molecule has 0 saturated carbocycles. The molecule has 0 amide bonds.